The van der Waals surface area contributed by atoms with Gasteiger partial charge in [-0.2, -0.15) is 0 Å². The molecule has 1 heterocycles. The van der Waals surface area contributed by atoms with Gasteiger partial charge in [-0.1, -0.05) is 29.4 Å². The normalized spacial score (nSPS) is 11.7. The summed E-state index contributed by atoms with van der Waals surface area (Å²) in [5.74, 6) is 0.0940. The molecule has 3 aromatic carbocycles. The van der Waals surface area contributed by atoms with Gasteiger partial charge in [0, 0.05) is 11.6 Å². The van der Waals surface area contributed by atoms with Crippen molar-refractivity contribution in [1.82, 2.24) is 5.16 Å². The summed E-state index contributed by atoms with van der Waals surface area (Å²) in [5, 5.41) is 6.32. The van der Waals surface area contributed by atoms with E-state index in [1.54, 1.807) is 43.3 Å². The van der Waals surface area contributed by atoms with Gasteiger partial charge in [0.05, 0.1) is 22.6 Å². The van der Waals surface area contributed by atoms with E-state index in [2.05, 4.69) is 10.5 Å². The summed E-state index contributed by atoms with van der Waals surface area (Å²) >= 11 is -2.62. The van der Waals surface area contributed by atoms with Gasteiger partial charge in [0.2, 0.25) is 0 Å². The van der Waals surface area contributed by atoms with Crippen LogP contribution in [0.1, 0.15) is 16.1 Å². The third-order valence-corrected chi connectivity index (χ3v) is 5.36. The highest BCUT2D eigenvalue weighted by molar-refractivity contribution is 7.81. The molecule has 7 nitrogen and oxygen atoms in total. The number of hydrogen-bond donors (Lipinski definition) is 1. The van der Waals surface area contributed by atoms with Crippen molar-refractivity contribution in [1.29, 1.82) is 0 Å². The Morgan fingerprint density at radius 1 is 1.00 bits per heavy atom. The number of rotatable bonds is 6. The topological polar surface area (TPSA) is 98.5 Å². The number of nitrogens with zero attached hydrogens (tertiary/aromatic N) is 2. The van der Waals surface area contributed by atoms with Gasteiger partial charge in [0.1, 0.15) is 11.6 Å². The van der Waals surface area contributed by atoms with Gasteiger partial charge in [-0.3, -0.25) is 13.3 Å². The van der Waals surface area contributed by atoms with Crippen molar-refractivity contribution < 1.29 is 22.5 Å². The van der Waals surface area contributed by atoms with Crippen molar-refractivity contribution in [2.75, 3.05) is 9.62 Å². The molecule has 32 heavy (non-hydrogen) atoms. The van der Waals surface area contributed by atoms with E-state index in [-0.39, 0.29) is 11.6 Å². The van der Waals surface area contributed by atoms with Crippen molar-refractivity contribution in [3.05, 3.63) is 96.0 Å². The molecule has 0 spiro atoms. The van der Waals surface area contributed by atoms with Gasteiger partial charge in [-0.25, -0.2) is 4.39 Å². The maximum absolute atomic E-state index is 13.2. The Morgan fingerprint density at radius 2 is 1.72 bits per heavy atom. The second-order valence-electron chi connectivity index (χ2n) is 6.89. The van der Waals surface area contributed by atoms with Crippen LogP contribution < -0.4 is 9.62 Å². The van der Waals surface area contributed by atoms with E-state index < -0.39 is 17.2 Å². The average Bonchev–Trinajstić information content (AvgIpc) is 3.19. The van der Waals surface area contributed by atoms with Crippen LogP contribution in [0.15, 0.2) is 83.4 Å². The van der Waals surface area contributed by atoms with E-state index in [1.807, 2.05) is 6.07 Å². The van der Waals surface area contributed by atoms with Gasteiger partial charge in [0.25, 0.3) is 5.91 Å². The number of anilines is 3. The molecule has 0 aliphatic carbocycles. The second-order valence-corrected chi connectivity index (χ2v) is 7.69. The lowest BCUT2D eigenvalue weighted by molar-refractivity contribution is 0.102. The molecule has 4 rings (SSSR count). The smallest absolute Gasteiger partial charge is 0.256 e. The third kappa shape index (κ3) is 4.74. The lowest BCUT2D eigenvalue weighted by Crippen LogP contribution is -2.20. The minimum atomic E-state index is -2.62. The van der Waals surface area contributed by atoms with Gasteiger partial charge in [0.15, 0.2) is 5.82 Å². The van der Waals surface area contributed by atoms with Crippen LogP contribution in [0.5, 0.6) is 0 Å². The molecule has 162 valence electrons. The molecule has 1 N–H and O–H groups in total. The van der Waals surface area contributed by atoms with E-state index in [4.69, 9.17) is 4.52 Å². The largest absolute Gasteiger partial charge is 0.755 e. The Bertz CT molecular complexity index is 1270. The van der Waals surface area contributed by atoms with Crippen LogP contribution in [0, 0.1) is 12.7 Å². The Balaban J connectivity index is 1.59. The highest BCUT2D eigenvalue weighted by Gasteiger charge is 2.14. The summed E-state index contributed by atoms with van der Waals surface area (Å²) in [7, 11) is 0. The van der Waals surface area contributed by atoms with Crippen molar-refractivity contribution in [3.8, 4) is 11.1 Å². The first kappa shape index (κ1) is 21.4. The summed E-state index contributed by atoms with van der Waals surface area (Å²) < 4.78 is 43.3. The predicted molar refractivity (Wildman–Crippen MR) is 119 cm³/mol. The van der Waals surface area contributed by atoms with Gasteiger partial charge in [-0.05, 0) is 66.6 Å². The maximum atomic E-state index is 13.2. The average molecular weight is 450 g/mol. The van der Waals surface area contributed by atoms with Crippen molar-refractivity contribution in [3.63, 3.8) is 0 Å². The Hall–Kier alpha value is -3.82. The standard InChI is InChI=1S/C23H18FN3O4S/c1-15-13-22(26-31-15)25-23(28)17-7-11-20(12-8-17)27(32(29)30)21-4-2-3-18(14-21)16-5-9-19(24)10-6-16/h2-14H,1H3,(H,29,30)(H,25,26,28)/p-1. The Morgan fingerprint density at radius 3 is 2.34 bits per heavy atom. The maximum Gasteiger partial charge on any atom is 0.256 e. The highest BCUT2D eigenvalue weighted by Crippen LogP contribution is 2.31. The fraction of sp³-hybridized carbons (Fsp3) is 0.0435. The van der Waals surface area contributed by atoms with Gasteiger partial charge < -0.3 is 14.4 Å². The van der Waals surface area contributed by atoms with E-state index in [0.29, 0.717) is 22.7 Å². The van der Waals surface area contributed by atoms with E-state index in [0.717, 1.165) is 15.4 Å². The molecule has 0 fully saturated rings. The number of hydrogen-bond acceptors (Lipinski definition) is 5. The molecular weight excluding hydrogens is 433 g/mol. The zero-order chi connectivity index (χ0) is 22.7. The predicted octanol–water partition coefficient (Wildman–Crippen LogP) is 4.97. The second kappa shape index (κ2) is 9.13. The van der Waals surface area contributed by atoms with Crippen LogP contribution in [0.2, 0.25) is 0 Å². The Labute approximate surface area is 185 Å². The number of halogens is 1. The molecule has 9 heteroatoms. The molecule has 0 aliphatic heterocycles. The number of aryl methyl sites for hydroxylation is 1. The highest BCUT2D eigenvalue weighted by atomic mass is 32.2. The van der Waals surface area contributed by atoms with E-state index in [9.17, 15) is 17.9 Å². The summed E-state index contributed by atoms with van der Waals surface area (Å²) in [6.07, 6.45) is 0. The minimum absolute atomic E-state index is 0.288. The number of nitrogens with one attached hydrogen (secondary N) is 1. The summed E-state index contributed by atoms with van der Waals surface area (Å²) in [5.41, 5.74) is 2.56. The third-order valence-electron chi connectivity index (χ3n) is 4.64. The van der Waals surface area contributed by atoms with Gasteiger partial charge >= 0.3 is 0 Å². The minimum Gasteiger partial charge on any atom is -0.755 e. The molecular formula is C23H17FN3O4S-. The lowest BCUT2D eigenvalue weighted by atomic mass is 10.0. The Kier molecular flexibility index (Phi) is 6.11. The zero-order valence-corrected chi connectivity index (χ0v) is 17.6. The lowest BCUT2D eigenvalue weighted by Gasteiger charge is -2.27. The molecule has 1 aromatic heterocycles. The SMILES string of the molecule is Cc1cc(NC(=O)c2ccc(N(c3cccc(-c4ccc(F)cc4)c3)S(=O)[O-])cc2)no1. The molecule has 0 saturated heterocycles. The molecule has 1 amide bonds. The number of carbonyl (C=O) groups is 1. The van der Waals surface area contributed by atoms with Crippen LogP contribution in [0.3, 0.4) is 0 Å². The fourth-order valence-corrected chi connectivity index (χ4v) is 3.72. The quantitative estimate of drug-likeness (QED) is 0.418. The molecule has 0 radical (unpaired) electrons. The zero-order valence-electron chi connectivity index (χ0n) is 16.8. The molecule has 1 unspecified atom stereocenters. The van der Waals surface area contributed by atoms with Crippen LogP contribution in [-0.4, -0.2) is 19.8 Å². The van der Waals surface area contributed by atoms with Gasteiger partial charge in [-0.15, -0.1) is 0 Å². The van der Waals surface area contributed by atoms with E-state index >= 15 is 0 Å². The summed E-state index contributed by atoms with van der Waals surface area (Å²) in [6, 6.07) is 20.5. The summed E-state index contributed by atoms with van der Waals surface area (Å²) in [6.45, 7) is 1.71. The molecule has 4 aromatic rings. The first-order valence-corrected chi connectivity index (χ1v) is 10.5. The van der Waals surface area contributed by atoms with Crippen LogP contribution >= 0.6 is 0 Å². The van der Waals surface area contributed by atoms with Crippen molar-refractivity contribution in [2.24, 2.45) is 0 Å². The van der Waals surface area contributed by atoms with Crippen LogP contribution in [0.25, 0.3) is 11.1 Å². The number of aromatic nitrogens is 1. The fourth-order valence-electron chi connectivity index (χ4n) is 3.14. The first-order chi connectivity index (χ1) is 15.4. The first-order valence-electron chi connectivity index (χ1n) is 9.51. The molecule has 0 bridgehead atoms. The summed E-state index contributed by atoms with van der Waals surface area (Å²) in [4.78, 5) is 12.4. The van der Waals surface area contributed by atoms with Crippen molar-refractivity contribution in [2.45, 2.75) is 6.92 Å². The number of benzene rings is 3. The molecule has 0 saturated carbocycles. The molecule has 0 aliphatic rings. The van der Waals surface area contributed by atoms with E-state index in [1.165, 1.54) is 36.4 Å². The van der Waals surface area contributed by atoms with Crippen LogP contribution in [0.4, 0.5) is 21.6 Å². The van der Waals surface area contributed by atoms with Crippen molar-refractivity contribution >= 4 is 34.4 Å². The monoisotopic (exact) mass is 450 g/mol. The van der Waals surface area contributed by atoms with Crippen LogP contribution in [-0.2, 0) is 11.3 Å². The number of amides is 1. The number of carbonyl (C=O) groups excluding carboxylic acids is 1. The molecule has 1 atom stereocenters.